The van der Waals surface area contributed by atoms with E-state index in [9.17, 15) is 4.79 Å². The number of likely N-dealkylation sites (tertiary alicyclic amines) is 1. The average Bonchev–Trinajstić information content (AvgIpc) is 2.47. The molecule has 1 aromatic rings. The van der Waals surface area contributed by atoms with Crippen LogP contribution in [0.25, 0.3) is 0 Å². The molecular formula is C19H29NO. The highest BCUT2D eigenvalue weighted by Crippen LogP contribution is 2.24. The van der Waals surface area contributed by atoms with Gasteiger partial charge in [0.2, 0.25) is 0 Å². The van der Waals surface area contributed by atoms with Gasteiger partial charge in [-0.2, -0.15) is 0 Å². The second kappa shape index (κ2) is 6.74. The number of Topliss-reactive ketones (excluding diaryl/α,β-unsaturated/α-hetero) is 1. The minimum absolute atomic E-state index is 0.220. The molecule has 1 aliphatic rings. The number of piperidine rings is 1. The van der Waals surface area contributed by atoms with Crippen molar-refractivity contribution < 1.29 is 4.79 Å². The Morgan fingerprint density at radius 2 is 1.71 bits per heavy atom. The Morgan fingerprint density at radius 1 is 1.14 bits per heavy atom. The number of nitrogens with zero attached hydrogens (tertiary/aromatic N) is 1. The summed E-state index contributed by atoms with van der Waals surface area (Å²) in [5.41, 5.74) is 2.99. The molecule has 0 atom stereocenters. The molecule has 0 saturated carbocycles. The van der Waals surface area contributed by atoms with Gasteiger partial charge in [-0.25, -0.2) is 0 Å². The highest BCUT2D eigenvalue weighted by Gasteiger charge is 2.23. The van der Waals surface area contributed by atoms with Crippen LogP contribution >= 0.6 is 0 Å². The van der Waals surface area contributed by atoms with Crippen molar-refractivity contribution in [3.05, 3.63) is 35.4 Å². The van der Waals surface area contributed by atoms with Crippen LogP contribution in [0.3, 0.4) is 0 Å². The molecule has 0 amide bonds. The lowest BCUT2D eigenvalue weighted by Crippen LogP contribution is -2.35. The van der Waals surface area contributed by atoms with Crippen molar-refractivity contribution in [2.24, 2.45) is 5.92 Å². The van der Waals surface area contributed by atoms with Gasteiger partial charge in [0.15, 0.2) is 0 Å². The number of carbonyl (C=O) groups excluding carboxylic acids is 1. The van der Waals surface area contributed by atoms with E-state index in [1.807, 2.05) is 6.92 Å². The number of hydrogen-bond acceptors (Lipinski definition) is 2. The SMILES string of the molecule is CCC(=O)C1CCN(Cc2ccc(C(C)(C)C)cc2)CC1. The molecule has 1 fully saturated rings. The molecular weight excluding hydrogens is 258 g/mol. The van der Waals surface area contributed by atoms with Gasteiger partial charge in [-0.1, -0.05) is 52.0 Å². The Labute approximate surface area is 129 Å². The topological polar surface area (TPSA) is 20.3 Å². The van der Waals surface area contributed by atoms with Crippen LogP contribution in [-0.2, 0) is 16.8 Å². The normalized spacial score (nSPS) is 17.9. The average molecular weight is 287 g/mol. The van der Waals surface area contributed by atoms with Crippen molar-refractivity contribution in [1.82, 2.24) is 4.90 Å². The molecule has 116 valence electrons. The van der Waals surface area contributed by atoms with Crippen LogP contribution < -0.4 is 0 Å². The van der Waals surface area contributed by atoms with Crippen molar-refractivity contribution in [3.8, 4) is 0 Å². The van der Waals surface area contributed by atoms with Crippen LogP contribution in [0.15, 0.2) is 24.3 Å². The number of rotatable bonds is 4. The van der Waals surface area contributed by atoms with Gasteiger partial charge in [-0.05, 0) is 42.5 Å². The van der Waals surface area contributed by atoms with Gasteiger partial charge in [0, 0.05) is 18.9 Å². The van der Waals surface area contributed by atoms with E-state index in [0.717, 1.165) is 32.5 Å². The minimum atomic E-state index is 0.220. The molecule has 2 rings (SSSR count). The van der Waals surface area contributed by atoms with E-state index in [0.29, 0.717) is 18.1 Å². The predicted molar refractivity (Wildman–Crippen MR) is 88.4 cm³/mol. The number of ketones is 1. The molecule has 1 heterocycles. The third kappa shape index (κ3) is 4.41. The molecule has 1 aromatic carbocycles. The third-order valence-electron chi connectivity index (χ3n) is 4.62. The quantitative estimate of drug-likeness (QED) is 0.828. The number of carbonyl (C=O) groups is 1. The van der Waals surface area contributed by atoms with E-state index >= 15 is 0 Å². The van der Waals surface area contributed by atoms with E-state index in [1.54, 1.807) is 0 Å². The van der Waals surface area contributed by atoms with Crippen molar-refractivity contribution in [3.63, 3.8) is 0 Å². The number of benzene rings is 1. The van der Waals surface area contributed by atoms with Gasteiger partial charge in [-0.15, -0.1) is 0 Å². The Bertz CT molecular complexity index is 461. The Hall–Kier alpha value is -1.15. The first-order chi connectivity index (χ1) is 9.90. The summed E-state index contributed by atoms with van der Waals surface area (Å²) >= 11 is 0. The zero-order valence-corrected chi connectivity index (χ0v) is 14.0. The third-order valence-corrected chi connectivity index (χ3v) is 4.62. The molecule has 2 heteroatoms. The molecule has 0 spiro atoms. The summed E-state index contributed by atoms with van der Waals surface area (Å²) < 4.78 is 0. The van der Waals surface area contributed by atoms with E-state index < -0.39 is 0 Å². The maximum atomic E-state index is 11.7. The largest absolute Gasteiger partial charge is 0.299 e. The van der Waals surface area contributed by atoms with Crippen LogP contribution in [0, 0.1) is 5.92 Å². The van der Waals surface area contributed by atoms with Crippen LogP contribution in [0.5, 0.6) is 0 Å². The molecule has 0 aliphatic carbocycles. The summed E-state index contributed by atoms with van der Waals surface area (Å²) in [7, 11) is 0. The van der Waals surface area contributed by atoms with Crippen LogP contribution in [0.4, 0.5) is 0 Å². The fourth-order valence-electron chi connectivity index (χ4n) is 3.07. The van der Waals surface area contributed by atoms with E-state index in [2.05, 4.69) is 49.9 Å². The first kappa shape index (κ1) is 16.2. The lowest BCUT2D eigenvalue weighted by Gasteiger charge is -2.31. The minimum Gasteiger partial charge on any atom is -0.299 e. The predicted octanol–water partition coefficient (Wildman–Crippen LogP) is 4.18. The van der Waals surface area contributed by atoms with Gasteiger partial charge in [-0.3, -0.25) is 9.69 Å². The maximum absolute atomic E-state index is 11.7. The Morgan fingerprint density at radius 3 is 2.19 bits per heavy atom. The van der Waals surface area contributed by atoms with Gasteiger partial charge < -0.3 is 0 Å². The highest BCUT2D eigenvalue weighted by atomic mass is 16.1. The maximum Gasteiger partial charge on any atom is 0.135 e. The monoisotopic (exact) mass is 287 g/mol. The van der Waals surface area contributed by atoms with Gasteiger partial charge >= 0.3 is 0 Å². The molecule has 0 N–H and O–H groups in total. The van der Waals surface area contributed by atoms with Crippen LogP contribution in [0.2, 0.25) is 0 Å². The Balaban J connectivity index is 1.88. The van der Waals surface area contributed by atoms with Crippen molar-refractivity contribution in [2.75, 3.05) is 13.1 Å². The molecule has 1 aliphatic heterocycles. The first-order valence-corrected chi connectivity index (χ1v) is 8.24. The summed E-state index contributed by atoms with van der Waals surface area (Å²) in [6, 6.07) is 9.01. The second-order valence-corrected chi connectivity index (χ2v) is 7.32. The van der Waals surface area contributed by atoms with Crippen molar-refractivity contribution >= 4 is 5.78 Å². The fourth-order valence-corrected chi connectivity index (χ4v) is 3.07. The highest BCUT2D eigenvalue weighted by molar-refractivity contribution is 5.80. The molecule has 0 bridgehead atoms. The van der Waals surface area contributed by atoms with Crippen molar-refractivity contribution in [2.45, 2.75) is 58.9 Å². The molecule has 2 nitrogen and oxygen atoms in total. The van der Waals surface area contributed by atoms with Crippen LogP contribution in [0.1, 0.15) is 58.1 Å². The summed E-state index contributed by atoms with van der Waals surface area (Å²) in [5.74, 6) is 0.763. The van der Waals surface area contributed by atoms with Crippen LogP contribution in [-0.4, -0.2) is 23.8 Å². The van der Waals surface area contributed by atoms with E-state index in [-0.39, 0.29) is 5.41 Å². The van der Waals surface area contributed by atoms with Gasteiger partial charge in [0.1, 0.15) is 5.78 Å². The standard InChI is InChI=1S/C19H29NO/c1-5-18(21)16-10-12-20(13-11-16)14-15-6-8-17(9-7-15)19(2,3)4/h6-9,16H,5,10-14H2,1-4H3. The summed E-state index contributed by atoms with van der Waals surface area (Å²) in [6.45, 7) is 11.8. The number of hydrogen-bond donors (Lipinski definition) is 0. The second-order valence-electron chi connectivity index (χ2n) is 7.32. The molecule has 0 aromatic heterocycles. The lowest BCUT2D eigenvalue weighted by molar-refractivity contribution is -0.124. The Kier molecular flexibility index (Phi) is 5.21. The molecule has 0 unspecified atom stereocenters. The zero-order chi connectivity index (χ0) is 15.5. The smallest absolute Gasteiger partial charge is 0.135 e. The van der Waals surface area contributed by atoms with Gasteiger partial charge in [0.05, 0.1) is 0 Å². The first-order valence-electron chi connectivity index (χ1n) is 8.24. The molecule has 21 heavy (non-hydrogen) atoms. The molecule has 1 saturated heterocycles. The zero-order valence-electron chi connectivity index (χ0n) is 14.0. The van der Waals surface area contributed by atoms with E-state index in [1.165, 1.54) is 11.1 Å². The molecule has 0 radical (unpaired) electrons. The fraction of sp³-hybridized carbons (Fsp3) is 0.632. The summed E-state index contributed by atoms with van der Waals surface area (Å²) in [6.07, 6.45) is 2.76. The summed E-state index contributed by atoms with van der Waals surface area (Å²) in [5, 5.41) is 0. The van der Waals surface area contributed by atoms with Crippen molar-refractivity contribution in [1.29, 1.82) is 0 Å². The summed E-state index contributed by atoms with van der Waals surface area (Å²) in [4.78, 5) is 14.2. The van der Waals surface area contributed by atoms with E-state index in [4.69, 9.17) is 0 Å². The van der Waals surface area contributed by atoms with Gasteiger partial charge in [0.25, 0.3) is 0 Å². The lowest BCUT2D eigenvalue weighted by atomic mass is 9.86.